The summed E-state index contributed by atoms with van der Waals surface area (Å²) in [7, 11) is 0. The van der Waals surface area contributed by atoms with E-state index in [1.807, 2.05) is 32.9 Å². The largest absolute Gasteiger partial charge is 0.461 e. The minimum Gasteiger partial charge on any atom is -0.461 e. The number of thioether (sulfide) groups is 1. The van der Waals surface area contributed by atoms with Crippen molar-refractivity contribution >= 4 is 46.9 Å². The van der Waals surface area contributed by atoms with Gasteiger partial charge in [-0.1, -0.05) is 30.1 Å². The molecular formula is C29H39Cl2N3O6S. The number of hydrogen-bond donors (Lipinski definition) is 1. The van der Waals surface area contributed by atoms with Crippen molar-refractivity contribution < 1.29 is 28.5 Å². The van der Waals surface area contributed by atoms with Gasteiger partial charge in [-0.15, -0.1) is 11.8 Å². The van der Waals surface area contributed by atoms with E-state index in [0.29, 0.717) is 77.9 Å². The van der Waals surface area contributed by atoms with Gasteiger partial charge in [-0.05, 0) is 32.0 Å². The van der Waals surface area contributed by atoms with Gasteiger partial charge in [0, 0.05) is 77.3 Å². The molecular weight excluding hydrogens is 589 g/mol. The SMILES string of the molecule is CC1=C(C(=O)OCCSc2cc(Cl)cc(Cl)c2)C(C)C(C(=O)OC(CN2CCOCC2)CN2CCOCC2)=C(C)N1. The molecule has 1 N–H and O–H groups in total. The summed E-state index contributed by atoms with van der Waals surface area (Å²) in [6.45, 7) is 12.8. The Bertz CT molecular complexity index is 1110. The zero-order valence-electron chi connectivity index (χ0n) is 23.9. The van der Waals surface area contributed by atoms with Crippen LogP contribution in [0.3, 0.4) is 0 Å². The topological polar surface area (TPSA) is 89.6 Å². The second kappa shape index (κ2) is 15.6. The highest BCUT2D eigenvalue weighted by atomic mass is 35.5. The summed E-state index contributed by atoms with van der Waals surface area (Å²) in [5.41, 5.74) is 2.22. The van der Waals surface area contributed by atoms with Gasteiger partial charge < -0.3 is 24.3 Å². The third kappa shape index (κ3) is 9.35. The number of allylic oxidation sites excluding steroid dienone is 2. The van der Waals surface area contributed by atoms with E-state index in [2.05, 4.69) is 15.1 Å². The van der Waals surface area contributed by atoms with Gasteiger partial charge in [0.25, 0.3) is 0 Å². The normalized spacial score (nSPS) is 20.8. The molecule has 0 spiro atoms. The molecule has 1 aromatic carbocycles. The molecule has 3 aliphatic heterocycles. The van der Waals surface area contributed by atoms with Gasteiger partial charge in [0.05, 0.1) is 37.6 Å². The van der Waals surface area contributed by atoms with Crippen molar-refractivity contribution in [2.75, 3.05) is 78.1 Å². The number of ether oxygens (including phenoxy) is 4. The van der Waals surface area contributed by atoms with E-state index in [4.69, 9.17) is 42.1 Å². The van der Waals surface area contributed by atoms with Crippen molar-refractivity contribution in [2.24, 2.45) is 5.92 Å². The molecule has 0 amide bonds. The Balaban J connectivity index is 1.37. The number of hydrogen-bond acceptors (Lipinski definition) is 10. The Hall–Kier alpha value is -1.79. The van der Waals surface area contributed by atoms with Crippen molar-refractivity contribution in [3.63, 3.8) is 0 Å². The van der Waals surface area contributed by atoms with Crippen LogP contribution in [-0.4, -0.2) is 106 Å². The van der Waals surface area contributed by atoms with Gasteiger partial charge in [0.2, 0.25) is 0 Å². The number of rotatable bonds is 11. The Morgan fingerprint density at radius 2 is 1.44 bits per heavy atom. The zero-order chi connectivity index (χ0) is 29.4. The number of benzene rings is 1. The highest BCUT2D eigenvalue weighted by Gasteiger charge is 2.35. The molecule has 0 aliphatic carbocycles. The summed E-state index contributed by atoms with van der Waals surface area (Å²) in [4.78, 5) is 32.3. The summed E-state index contributed by atoms with van der Waals surface area (Å²) in [5, 5.41) is 4.31. The predicted molar refractivity (Wildman–Crippen MR) is 160 cm³/mol. The zero-order valence-corrected chi connectivity index (χ0v) is 26.2. The van der Waals surface area contributed by atoms with Crippen LogP contribution in [0.25, 0.3) is 0 Å². The fourth-order valence-electron chi connectivity index (χ4n) is 5.34. The van der Waals surface area contributed by atoms with Crippen molar-refractivity contribution in [3.8, 4) is 0 Å². The Kier molecular flexibility index (Phi) is 12.2. The van der Waals surface area contributed by atoms with Gasteiger partial charge in [-0.25, -0.2) is 9.59 Å². The van der Waals surface area contributed by atoms with Crippen LogP contribution < -0.4 is 5.32 Å². The average molecular weight is 629 g/mol. The number of nitrogens with one attached hydrogen (secondary N) is 1. The Morgan fingerprint density at radius 3 is 1.98 bits per heavy atom. The molecule has 3 aliphatic rings. The van der Waals surface area contributed by atoms with E-state index >= 15 is 0 Å². The molecule has 1 atom stereocenters. The molecule has 1 aromatic rings. The fourth-order valence-corrected chi connectivity index (χ4v) is 6.82. The van der Waals surface area contributed by atoms with Crippen LogP contribution in [0.15, 0.2) is 45.6 Å². The number of nitrogens with zero attached hydrogens (tertiary/aromatic N) is 2. The van der Waals surface area contributed by atoms with Crippen LogP contribution >= 0.6 is 35.0 Å². The van der Waals surface area contributed by atoms with E-state index in [-0.39, 0.29) is 12.7 Å². The van der Waals surface area contributed by atoms with Crippen LogP contribution in [0.5, 0.6) is 0 Å². The fraction of sp³-hybridized carbons (Fsp3) is 0.586. The summed E-state index contributed by atoms with van der Waals surface area (Å²) in [6, 6.07) is 5.30. The number of halogens is 2. The third-order valence-electron chi connectivity index (χ3n) is 7.31. The first-order valence-corrected chi connectivity index (χ1v) is 15.7. The molecule has 0 radical (unpaired) electrons. The van der Waals surface area contributed by atoms with E-state index < -0.39 is 17.9 Å². The number of esters is 2. The van der Waals surface area contributed by atoms with Crippen LogP contribution in [0.2, 0.25) is 10.0 Å². The maximum Gasteiger partial charge on any atom is 0.336 e. The van der Waals surface area contributed by atoms with Crippen molar-refractivity contribution in [1.82, 2.24) is 15.1 Å². The summed E-state index contributed by atoms with van der Waals surface area (Å²) < 4.78 is 22.8. The molecule has 3 heterocycles. The molecule has 4 rings (SSSR count). The molecule has 2 fully saturated rings. The van der Waals surface area contributed by atoms with Gasteiger partial charge in [-0.3, -0.25) is 9.80 Å². The number of morpholine rings is 2. The summed E-state index contributed by atoms with van der Waals surface area (Å²) in [5.74, 6) is -0.822. The third-order valence-corrected chi connectivity index (χ3v) is 8.69. The van der Waals surface area contributed by atoms with Crippen molar-refractivity contribution in [3.05, 3.63) is 50.8 Å². The Morgan fingerprint density at radius 1 is 0.927 bits per heavy atom. The second-order valence-electron chi connectivity index (χ2n) is 10.4. The monoisotopic (exact) mass is 627 g/mol. The molecule has 0 saturated carbocycles. The quantitative estimate of drug-likeness (QED) is 0.221. The summed E-state index contributed by atoms with van der Waals surface area (Å²) >= 11 is 13.6. The predicted octanol–water partition coefficient (Wildman–Crippen LogP) is 3.99. The molecule has 0 aromatic heterocycles. The standard InChI is InChI=1S/C29H39Cl2N3O6S/c1-19-26(28(35)39-12-13-41-25-15-22(30)14-23(31)16-25)20(2)32-21(3)27(19)29(36)40-24(17-33-4-8-37-9-5-33)18-34-6-10-38-11-7-34/h14-16,19,24,32H,4-13,17-18H2,1-3H3. The second-order valence-corrected chi connectivity index (χ2v) is 12.4. The molecule has 226 valence electrons. The first kappa shape index (κ1) is 32.1. The lowest BCUT2D eigenvalue weighted by molar-refractivity contribution is -0.148. The van der Waals surface area contributed by atoms with Gasteiger partial charge in [0.1, 0.15) is 12.7 Å². The lowest BCUT2D eigenvalue weighted by Crippen LogP contribution is -2.48. The lowest BCUT2D eigenvalue weighted by Gasteiger charge is -2.35. The minimum absolute atomic E-state index is 0.195. The highest BCUT2D eigenvalue weighted by molar-refractivity contribution is 7.99. The smallest absolute Gasteiger partial charge is 0.336 e. The van der Waals surface area contributed by atoms with Gasteiger partial charge in [0.15, 0.2) is 0 Å². The molecule has 41 heavy (non-hydrogen) atoms. The van der Waals surface area contributed by atoms with Crippen molar-refractivity contribution in [2.45, 2.75) is 31.8 Å². The van der Waals surface area contributed by atoms with Crippen LogP contribution in [-0.2, 0) is 28.5 Å². The molecule has 1 unspecified atom stereocenters. The number of dihydropyridines is 1. The van der Waals surface area contributed by atoms with Crippen LogP contribution in [0.4, 0.5) is 0 Å². The molecule has 9 nitrogen and oxygen atoms in total. The van der Waals surface area contributed by atoms with Crippen molar-refractivity contribution in [1.29, 1.82) is 0 Å². The molecule has 2 saturated heterocycles. The maximum atomic E-state index is 13.7. The minimum atomic E-state index is -0.483. The number of carbonyl (C=O) groups is 2. The van der Waals surface area contributed by atoms with E-state index in [1.54, 1.807) is 6.07 Å². The number of carbonyl (C=O) groups excluding carboxylic acids is 2. The van der Waals surface area contributed by atoms with Gasteiger partial charge >= 0.3 is 11.9 Å². The van der Waals surface area contributed by atoms with E-state index in [1.165, 1.54) is 11.8 Å². The summed E-state index contributed by atoms with van der Waals surface area (Å²) in [6.07, 6.45) is -0.328. The Labute approximate surface area is 256 Å². The molecule has 0 bridgehead atoms. The highest BCUT2D eigenvalue weighted by Crippen LogP contribution is 2.32. The lowest BCUT2D eigenvalue weighted by atomic mass is 9.87. The first-order valence-electron chi connectivity index (χ1n) is 14.0. The molecule has 12 heteroatoms. The van der Waals surface area contributed by atoms with Crippen LogP contribution in [0, 0.1) is 5.92 Å². The van der Waals surface area contributed by atoms with E-state index in [0.717, 1.165) is 31.1 Å². The van der Waals surface area contributed by atoms with E-state index in [9.17, 15) is 9.59 Å². The van der Waals surface area contributed by atoms with Gasteiger partial charge in [-0.2, -0.15) is 0 Å². The first-order chi connectivity index (χ1) is 19.7. The average Bonchev–Trinajstić information content (AvgIpc) is 2.91. The van der Waals surface area contributed by atoms with Crippen LogP contribution in [0.1, 0.15) is 20.8 Å². The maximum absolute atomic E-state index is 13.7.